The van der Waals surface area contributed by atoms with Crippen molar-refractivity contribution in [2.24, 2.45) is 0 Å². The number of hydrogen-bond acceptors (Lipinski definition) is 5. The molecule has 2 rings (SSSR count). The van der Waals surface area contributed by atoms with Crippen LogP contribution in [0.15, 0.2) is 36.8 Å². The topological polar surface area (TPSA) is 70.8 Å². The molecule has 0 amide bonds. The molecule has 0 saturated heterocycles. The van der Waals surface area contributed by atoms with E-state index >= 15 is 0 Å². The van der Waals surface area contributed by atoms with Crippen LogP contribution in [0.4, 0.5) is 5.69 Å². The molecule has 1 aromatic rings. The zero-order valence-electron chi connectivity index (χ0n) is 10.8. The lowest BCUT2D eigenvalue weighted by Gasteiger charge is -2.27. The Balaban J connectivity index is 2.12. The summed E-state index contributed by atoms with van der Waals surface area (Å²) in [7, 11) is 0. The number of nitrogen functional groups attached to an aromatic ring is 1. The Morgan fingerprint density at radius 1 is 1.32 bits per heavy atom. The number of benzene rings is 1. The highest BCUT2D eigenvalue weighted by Crippen LogP contribution is 2.30. The van der Waals surface area contributed by atoms with Gasteiger partial charge in [0.2, 0.25) is 0 Å². The monoisotopic (exact) mass is 263 g/mol. The van der Waals surface area contributed by atoms with Crippen LogP contribution in [0, 0.1) is 0 Å². The highest BCUT2D eigenvalue weighted by Gasteiger charge is 2.39. The van der Waals surface area contributed by atoms with Crippen molar-refractivity contribution in [3.63, 3.8) is 0 Å². The molecule has 0 bridgehead atoms. The second-order valence-corrected chi connectivity index (χ2v) is 4.28. The van der Waals surface area contributed by atoms with Crippen molar-refractivity contribution < 1.29 is 19.0 Å². The van der Waals surface area contributed by atoms with Gasteiger partial charge in [0, 0.05) is 5.69 Å². The molecule has 0 saturated carbocycles. The summed E-state index contributed by atoms with van der Waals surface area (Å²) in [6.07, 6.45) is 3.25. The van der Waals surface area contributed by atoms with Crippen molar-refractivity contribution in [1.29, 1.82) is 0 Å². The average molecular weight is 263 g/mol. The maximum atomic E-state index is 11.6. The van der Waals surface area contributed by atoms with Gasteiger partial charge in [0.15, 0.2) is 0 Å². The molecule has 0 radical (unpaired) electrons. The van der Waals surface area contributed by atoms with Crippen LogP contribution in [0.1, 0.15) is 18.9 Å². The number of nitrogens with two attached hydrogens (primary N) is 1. The smallest absolute Gasteiger partial charge is 0.313 e. The molecule has 0 fully saturated rings. The first-order valence-corrected chi connectivity index (χ1v) is 6.15. The maximum absolute atomic E-state index is 11.6. The largest absolute Gasteiger partial charge is 0.466 e. The summed E-state index contributed by atoms with van der Waals surface area (Å²) in [4.78, 5) is 11.6. The van der Waals surface area contributed by atoms with E-state index in [9.17, 15) is 4.79 Å². The third kappa shape index (κ3) is 3.19. The van der Waals surface area contributed by atoms with Crippen molar-refractivity contribution in [2.45, 2.75) is 25.6 Å². The standard InChI is InChI=1S/C14H17NO4/c1-2-17-13(16)10-14(18-7-8-19-14)9-11-5-3-4-6-12(11)15/h3-8H,2,9-10,15H2,1H3. The molecule has 102 valence electrons. The van der Waals surface area contributed by atoms with Crippen molar-refractivity contribution in [3.05, 3.63) is 42.4 Å². The number of rotatable bonds is 5. The van der Waals surface area contributed by atoms with Gasteiger partial charge < -0.3 is 19.9 Å². The molecule has 0 aliphatic carbocycles. The van der Waals surface area contributed by atoms with Gasteiger partial charge in [-0.15, -0.1) is 0 Å². The predicted molar refractivity (Wildman–Crippen MR) is 69.8 cm³/mol. The van der Waals surface area contributed by atoms with Crippen LogP contribution in [0.5, 0.6) is 0 Å². The predicted octanol–water partition coefficient (Wildman–Crippen LogP) is 1.98. The van der Waals surface area contributed by atoms with Crippen LogP contribution in [0.3, 0.4) is 0 Å². The van der Waals surface area contributed by atoms with Gasteiger partial charge in [0.25, 0.3) is 5.79 Å². The second-order valence-electron chi connectivity index (χ2n) is 4.28. The first-order valence-electron chi connectivity index (χ1n) is 6.15. The summed E-state index contributed by atoms with van der Waals surface area (Å²) in [6.45, 7) is 2.09. The molecule has 5 heteroatoms. The SMILES string of the molecule is CCOC(=O)CC1(Cc2ccccc2N)OC=CO1. The number of ether oxygens (including phenoxy) is 3. The zero-order valence-corrected chi connectivity index (χ0v) is 10.8. The first kappa shape index (κ1) is 13.3. The van der Waals surface area contributed by atoms with E-state index in [1.807, 2.05) is 18.2 Å². The van der Waals surface area contributed by atoms with Gasteiger partial charge in [-0.1, -0.05) is 18.2 Å². The minimum Gasteiger partial charge on any atom is -0.466 e. The van der Waals surface area contributed by atoms with Crippen LogP contribution in [0.25, 0.3) is 0 Å². The summed E-state index contributed by atoms with van der Waals surface area (Å²) in [5.74, 6) is -1.41. The maximum Gasteiger partial charge on any atom is 0.313 e. The van der Waals surface area contributed by atoms with E-state index in [2.05, 4.69) is 0 Å². The van der Waals surface area contributed by atoms with E-state index in [0.29, 0.717) is 18.7 Å². The minimum absolute atomic E-state index is 0.0160. The zero-order chi connectivity index (χ0) is 13.7. The van der Waals surface area contributed by atoms with Crippen LogP contribution >= 0.6 is 0 Å². The van der Waals surface area contributed by atoms with Crippen LogP contribution < -0.4 is 5.73 Å². The van der Waals surface area contributed by atoms with Gasteiger partial charge in [-0.25, -0.2) is 0 Å². The van der Waals surface area contributed by atoms with Gasteiger partial charge in [-0.2, -0.15) is 0 Å². The fourth-order valence-electron chi connectivity index (χ4n) is 1.98. The summed E-state index contributed by atoms with van der Waals surface area (Å²) in [5.41, 5.74) is 7.41. The first-order chi connectivity index (χ1) is 9.15. The molecule has 0 atom stereocenters. The van der Waals surface area contributed by atoms with Gasteiger partial charge in [-0.05, 0) is 18.6 Å². The van der Waals surface area contributed by atoms with Crippen molar-refractivity contribution in [1.82, 2.24) is 0 Å². The number of esters is 1. The summed E-state index contributed by atoms with van der Waals surface area (Å²) >= 11 is 0. The Kier molecular flexibility index (Phi) is 3.94. The lowest BCUT2D eigenvalue weighted by molar-refractivity contribution is -0.174. The van der Waals surface area contributed by atoms with E-state index in [0.717, 1.165) is 5.56 Å². The molecule has 19 heavy (non-hydrogen) atoms. The number of para-hydroxylation sites is 1. The Morgan fingerprint density at radius 2 is 2.00 bits per heavy atom. The summed E-state index contributed by atoms with van der Waals surface area (Å²) < 4.78 is 15.9. The third-order valence-electron chi connectivity index (χ3n) is 2.86. The highest BCUT2D eigenvalue weighted by molar-refractivity contribution is 5.70. The normalized spacial score (nSPS) is 15.6. The van der Waals surface area contributed by atoms with Crippen LogP contribution in [-0.4, -0.2) is 18.4 Å². The van der Waals surface area contributed by atoms with Crippen molar-refractivity contribution in [2.75, 3.05) is 12.3 Å². The van der Waals surface area contributed by atoms with E-state index in [1.54, 1.807) is 13.0 Å². The summed E-state index contributed by atoms with van der Waals surface area (Å²) in [5, 5.41) is 0. The molecular formula is C14H17NO4. The minimum atomic E-state index is -1.05. The van der Waals surface area contributed by atoms with E-state index in [4.69, 9.17) is 19.9 Å². The Hall–Kier alpha value is -2.17. The average Bonchev–Trinajstić information content (AvgIpc) is 2.81. The van der Waals surface area contributed by atoms with Crippen molar-refractivity contribution in [3.8, 4) is 0 Å². The van der Waals surface area contributed by atoms with Gasteiger partial charge in [0.1, 0.15) is 18.9 Å². The molecule has 2 N–H and O–H groups in total. The number of carbonyl (C=O) groups excluding carboxylic acids is 1. The fraction of sp³-hybridized carbons (Fsp3) is 0.357. The van der Waals surface area contributed by atoms with Gasteiger partial charge >= 0.3 is 5.97 Å². The van der Waals surface area contributed by atoms with Gasteiger partial charge in [0.05, 0.1) is 13.0 Å². The molecule has 0 aromatic heterocycles. The molecule has 5 nitrogen and oxygen atoms in total. The van der Waals surface area contributed by atoms with Crippen molar-refractivity contribution >= 4 is 11.7 Å². The highest BCUT2D eigenvalue weighted by atomic mass is 16.7. The third-order valence-corrected chi connectivity index (χ3v) is 2.86. The molecule has 1 heterocycles. The van der Waals surface area contributed by atoms with Crippen LogP contribution in [0.2, 0.25) is 0 Å². The summed E-state index contributed by atoms with van der Waals surface area (Å²) in [6, 6.07) is 7.42. The van der Waals surface area contributed by atoms with Gasteiger partial charge in [-0.3, -0.25) is 4.79 Å². The second kappa shape index (κ2) is 5.65. The number of carbonyl (C=O) groups is 1. The molecule has 1 aliphatic heterocycles. The molecule has 0 unspecified atom stereocenters. The number of anilines is 1. The molecule has 0 spiro atoms. The van der Waals surface area contributed by atoms with E-state index < -0.39 is 5.79 Å². The van der Waals surface area contributed by atoms with E-state index in [1.165, 1.54) is 12.5 Å². The molecular weight excluding hydrogens is 246 g/mol. The Morgan fingerprint density at radius 3 is 2.63 bits per heavy atom. The molecule has 1 aromatic carbocycles. The van der Waals surface area contributed by atoms with Crippen LogP contribution in [-0.2, 0) is 25.4 Å². The van der Waals surface area contributed by atoms with E-state index in [-0.39, 0.29) is 12.4 Å². The number of hydrogen-bond donors (Lipinski definition) is 1. The fourth-order valence-corrected chi connectivity index (χ4v) is 1.98. The lowest BCUT2D eigenvalue weighted by atomic mass is 10.0. The molecule has 1 aliphatic rings. The Bertz CT molecular complexity index is 476. The Labute approximate surface area is 111 Å². The lowest BCUT2D eigenvalue weighted by Crippen LogP contribution is -2.36. The quantitative estimate of drug-likeness (QED) is 0.649.